The number of hydrogen-bond acceptors (Lipinski definition) is 3. The smallest absolute Gasteiger partial charge is 0.415 e. The zero-order valence-electron chi connectivity index (χ0n) is 4.38. The predicted molar refractivity (Wildman–Crippen MR) is 34.4 cm³/mol. The molecule has 0 spiro atoms. The average molecular weight is 151 g/mol. The number of nitrogens with one attached hydrogen (secondary N) is 1. The quantitative estimate of drug-likeness (QED) is 0.599. The second-order valence-electron chi connectivity index (χ2n) is 0.924. The number of ether oxygens (including phenoxy) is 1. The van der Waals surface area contributed by atoms with Crippen molar-refractivity contribution in [2.45, 2.75) is 6.92 Å². The minimum atomic E-state index is -0.454. The largest absolute Gasteiger partial charge is 0.449 e. The molecule has 0 aliphatic heterocycles. The maximum Gasteiger partial charge on any atom is 0.415 e. The molecule has 1 N–H and O–H groups in total. The van der Waals surface area contributed by atoms with E-state index in [4.69, 9.17) is 0 Å². The second-order valence-corrected chi connectivity index (χ2v) is 1.88. The van der Waals surface area contributed by atoms with E-state index in [0.29, 0.717) is 14.1 Å². The lowest BCUT2D eigenvalue weighted by atomic mass is 10.9. The number of hydrogen-bond donors (Lipinski definition) is 1. The molecule has 0 aromatic heterocycles. The third kappa shape index (κ3) is 3.96. The maximum atomic E-state index is 10.2. The van der Waals surface area contributed by atoms with Crippen molar-refractivity contribution in [3.63, 3.8) is 0 Å². The van der Waals surface area contributed by atoms with Gasteiger partial charge in [0.05, 0.1) is 14.1 Å². The van der Waals surface area contributed by atoms with Crippen LogP contribution in [0.1, 0.15) is 6.92 Å². The van der Waals surface area contributed by atoms with Crippen LogP contribution in [0.4, 0.5) is 4.79 Å². The zero-order chi connectivity index (χ0) is 6.41. The van der Waals surface area contributed by atoms with Gasteiger partial charge in [0.25, 0.3) is 0 Å². The molecule has 1 amide bonds. The summed E-state index contributed by atoms with van der Waals surface area (Å²) in [6, 6.07) is 0. The Labute approximate surface area is 54.3 Å². The fourth-order valence-electron chi connectivity index (χ4n) is 0.201. The van der Waals surface area contributed by atoms with Gasteiger partial charge in [0.15, 0.2) is 0 Å². The summed E-state index contributed by atoms with van der Waals surface area (Å²) in [6.45, 7) is 2.12. The van der Waals surface area contributed by atoms with Gasteiger partial charge in [0, 0.05) is 0 Å². The summed E-state index contributed by atoms with van der Waals surface area (Å²) in [4.78, 5) is 10.2. The molecule has 0 fully saturated rings. The first kappa shape index (κ1) is 7.79. The Balaban J connectivity index is 3.18. The Kier molecular flexibility index (Phi) is 4.81. The summed E-state index contributed by atoms with van der Waals surface area (Å²) < 4.78 is 4.46. The summed E-state index contributed by atoms with van der Waals surface area (Å²) in [5.74, 6) is 0. The molecule has 5 heteroatoms. The van der Waals surface area contributed by atoms with Gasteiger partial charge < -0.3 is 4.74 Å². The second kappa shape index (κ2) is 4.94. The van der Waals surface area contributed by atoms with Crippen LogP contribution in [0.3, 0.4) is 0 Å². The molecule has 0 aromatic carbocycles. The van der Waals surface area contributed by atoms with Crippen molar-refractivity contribution in [1.29, 1.82) is 0 Å². The molecule has 8 heavy (non-hydrogen) atoms. The molecule has 0 saturated carbocycles. The average Bonchev–Trinajstić information content (AvgIpc) is 1.68. The standard InChI is InChI=1S/C3H6NO2PS/c1-2-6-3(5)4-7-8/h2H2,1H3,(H,4,5,8). The van der Waals surface area contributed by atoms with Crippen LogP contribution in [0, 0.1) is 0 Å². The number of rotatable bonds is 2. The molecule has 46 valence electrons. The topological polar surface area (TPSA) is 38.3 Å². The van der Waals surface area contributed by atoms with Gasteiger partial charge in [-0.25, -0.2) is 4.79 Å². The van der Waals surface area contributed by atoms with Gasteiger partial charge in [-0.2, -0.15) is 0 Å². The lowest BCUT2D eigenvalue weighted by Crippen LogP contribution is -2.13. The Hall–Kier alpha value is -0.210. The summed E-state index contributed by atoms with van der Waals surface area (Å²) >= 11 is 4.40. The Morgan fingerprint density at radius 2 is 2.62 bits per heavy atom. The van der Waals surface area contributed by atoms with Crippen molar-refractivity contribution in [3.05, 3.63) is 0 Å². The van der Waals surface area contributed by atoms with Gasteiger partial charge in [0.1, 0.15) is 0 Å². The minimum absolute atomic E-state index is 0.386. The van der Waals surface area contributed by atoms with E-state index in [9.17, 15) is 4.79 Å². The summed E-state index contributed by atoms with van der Waals surface area (Å²) in [7, 11) is 0.408. The molecule has 0 rings (SSSR count). The highest BCUT2D eigenvalue weighted by Crippen LogP contribution is 1.83. The van der Waals surface area contributed by atoms with Gasteiger partial charge in [0.2, 0.25) is 0 Å². The highest BCUT2D eigenvalue weighted by Gasteiger charge is 1.92. The van der Waals surface area contributed by atoms with Gasteiger partial charge >= 0.3 is 6.09 Å². The number of carbonyl (C=O) groups is 1. The van der Waals surface area contributed by atoms with Crippen LogP contribution in [0.25, 0.3) is 0 Å². The molecule has 0 aliphatic carbocycles. The van der Waals surface area contributed by atoms with E-state index in [1.165, 1.54) is 0 Å². The van der Waals surface area contributed by atoms with E-state index in [1.807, 2.05) is 0 Å². The van der Waals surface area contributed by atoms with Crippen LogP contribution in [-0.2, 0) is 16.5 Å². The van der Waals surface area contributed by atoms with Gasteiger partial charge in [-0.05, 0) is 18.7 Å². The number of carbonyl (C=O) groups excluding carboxylic acids is 1. The normalized spacial score (nSPS) is 8.62. The highest BCUT2D eigenvalue weighted by molar-refractivity contribution is 7.95. The predicted octanol–water partition coefficient (Wildman–Crippen LogP) is 1.06. The zero-order valence-corrected chi connectivity index (χ0v) is 6.09. The van der Waals surface area contributed by atoms with Crippen molar-refractivity contribution >= 4 is 25.4 Å². The highest BCUT2D eigenvalue weighted by atomic mass is 32.4. The first-order valence-electron chi connectivity index (χ1n) is 2.06. The summed E-state index contributed by atoms with van der Waals surface area (Å²) in [5.41, 5.74) is 0. The molecular formula is C3H6NO2PS. The van der Waals surface area contributed by atoms with Crippen molar-refractivity contribution in [3.8, 4) is 0 Å². The molecule has 0 saturated heterocycles. The van der Waals surface area contributed by atoms with E-state index in [-0.39, 0.29) is 0 Å². The van der Waals surface area contributed by atoms with Crippen LogP contribution in [0.15, 0.2) is 0 Å². The van der Waals surface area contributed by atoms with Gasteiger partial charge in [-0.15, -0.1) is 0 Å². The van der Waals surface area contributed by atoms with Crippen LogP contribution >= 0.6 is 7.51 Å². The van der Waals surface area contributed by atoms with Crippen molar-refractivity contribution < 1.29 is 9.53 Å². The Morgan fingerprint density at radius 1 is 2.00 bits per heavy atom. The van der Waals surface area contributed by atoms with Crippen LogP contribution in [0.2, 0.25) is 0 Å². The van der Waals surface area contributed by atoms with Crippen molar-refractivity contribution in [2.75, 3.05) is 6.61 Å². The van der Waals surface area contributed by atoms with Gasteiger partial charge in [-0.1, -0.05) is 0 Å². The molecular weight excluding hydrogens is 145 g/mol. The lowest BCUT2D eigenvalue weighted by molar-refractivity contribution is 0.159. The van der Waals surface area contributed by atoms with Crippen molar-refractivity contribution in [1.82, 2.24) is 5.09 Å². The fourth-order valence-corrected chi connectivity index (χ4v) is 0.563. The molecule has 3 nitrogen and oxygen atoms in total. The molecule has 0 radical (unpaired) electrons. The third-order valence-corrected chi connectivity index (χ3v) is 0.960. The monoisotopic (exact) mass is 151 g/mol. The SMILES string of the molecule is CCOC(=O)NP=S. The van der Waals surface area contributed by atoms with E-state index in [2.05, 4.69) is 21.6 Å². The van der Waals surface area contributed by atoms with E-state index in [1.54, 1.807) is 6.92 Å². The molecule has 0 heterocycles. The maximum absolute atomic E-state index is 10.2. The Bertz CT molecular complexity index is 97.3. The van der Waals surface area contributed by atoms with Crippen LogP contribution in [-0.4, -0.2) is 12.7 Å². The Morgan fingerprint density at radius 3 is 3.00 bits per heavy atom. The molecule has 0 aliphatic rings. The molecule has 0 bridgehead atoms. The molecule has 0 aromatic rings. The van der Waals surface area contributed by atoms with Crippen LogP contribution in [0.5, 0.6) is 0 Å². The molecule has 0 atom stereocenters. The summed E-state index contributed by atoms with van der Waals surface area (Å²) in [5, 5.41) is 2.27. The molecule has 0 unspecified atom stereocenters. The fraction of sp³-hybridized carbons (Fsp3) is 0.667. The number of amides is 1. The first-order chi connectivity index (χ1) is 3.81. The van der Waals surface area contributed by atoms with E-state index >= 15 is 0 Å². The van der Waals surface area contributed by atoms with E-state index < -0.39 is 6.09 Å². The minimum Gasteiger partial charge on any atom is -0.449 e. The third-order valence-electron chi connectivity index (χ3n) is 0.412. The van der Waals surface area contributed by atoms with Crippen molar-refractivity contribution in [2.24, 2.45) is 0 Å². The van der Waals surface area contributed by atoms with Crippen LogP contribution < -0.4 is 5.09 Å². The first-order valence-corrected chi connectivity index (χ1v) is 3.97. The summed E-state index contributed by atoms with van der Waals surface area (Å²) in [6.07, 6.45) is -0.454. The lowest BCUT2D eigenvalue weighted by Gasteiger charge is -1.95. The van der Waals surface area contributed by atoms with E-state index in [0.717, 1.165) is 0 Å². The van der Waals surface area contributed by atoms with Gasteiger partial charge in [-0.3, -0.25) is 5.09 Å².